The lowest BCUT2D eigenvalue weighted by molar-refractivity contribution is 0.0545. The van der Waals surface area contributed by atoms with Crippen molar-refractivity contribution < 1.29 is 9.84 Å². The van der Waals surface area contributed by atoms with Crippen LogP contribution < -0.4 is 0 Å². The molecule has 0 unspecified atom stereocenters. The summed E-state index contributed by atoms with van der Waals surface area (Å²) < 4.78 is 4.94. The molecule has 1 aliphatic rings. The lowest BCUT2D eigenvalue weighted by Crippen LogP contribution is -2.22. The van der Waals surface area contributed by atoms with Crippen LogP contribution >= 0.6 is 0 Å². The second kappa shape index (κ2) is 5.06. The normalized spacial score (nSPS) is 24.9. The molecule has 0 bridgehead atoms. The average molecular weight is 217 g/mol. The highest BCUT2D eigenvalue weighted by molar-refractivity contribution is 5.24. The van der Waals surface area contributed by atoms with Crippen LogP contribution in [-0.4, -0.2) is 6.61 Å². The third-order valence-electron chi connectivity index (χ3n) is 3.19. The molecule has 0 N–H and O–H groups in total. The first-order valence-electron chi connectivity index (χ1n) is 5.88. The Morgan fingerprint density at radius 2 is 2.12 bits per heavy atom. The zero-order chi connectivity index (χ0) is 11.4. The van der Waals surface area contributed by atoms with E-state index in [2.05, 4.69) is 24.3 Å². The monoisotopic (exact) mass is 217 g/mol. The zero-order valence-corrected chi connectivity index (χ0v) is 9.56. The quantitative estimate of drug-likeness (QED) is 0.710. The van der Waals surface area contributed by atoms with Crippen LogP contribution in [0.1, 0.15) is 31.2 Å². The van der Waals surface area contributed by atoms with Crippen molar-refractivity contribution in [2.24, 2.45) is 5.92 Å². The Morgan fingerprint density at radius 1 is 1.38 bits per heavy atom. The van der Waals surface area contributed by atoms with Gasteiger partial charge in [-0.25, -0.2) is 5.11 Å². The smallest absolute Gasteiger partial charge is 0.326 e. The summed E-state index contributed by atoms with van der Waals surface area (Å²) in [7, 11) is 0. The molecule has 1 aromatic rings. The van der Waals surface area contributed by atoms with Crippen molar-refractivity contribution in [3.05, 3.63) is 47.9 Å². The molecule has 2 nitrogen and oxygen atoms in total. The van der Waals surface area contributed by atoms with Gasteiger partial charge in [-0.2, -0.15) is 0 Å². The highest BCUT2D eigenvalue weighted by Gasteiger charge is 2.31. The minimum absolute atomic E-state index is 0.173. The van der Waals surface area contributed by atoms with Gasteiger partial charge >= 0.3 is 5.95 Å². The van der Waals surface area contributed by atoms with Crippen molar-refractivity contribution in [1.82, 2.24) is 0 Å². The van der Waals surface area contributed by atoms with Crippen LogP contribution in [0.15, 0.2) is 42.4 Å². The SMILES string of the molecule is CCOC([O])=C[C@H]1CC[C@@H]1c1ccccc1. The van der Waals surface area contributed by atoms with Crippen molar-refractivity contribution in [3.8, 4) is 0 Å². The molecule has 2 rings (SSSR count). The van der Waals surface area contributed by atoms with Gasteiger partial charge in [0, 0.05) is 6.08 Å². The Morgan fingerprint density at radius 3 is 2.69 bits per heavy atom. The van der Waals surface area contributed by atoms with E-state index in [1.165, 1.54) is 12.0 Å². The maximum Gasteiger partial charge on any atom is 0.326 e. The van der Waals surface area contributed by atoms with E-state index < -0.39 is 0 Å². The molecule has 0 aliphatic heterocycles. The lowest BCUT2D eigenvalue weighted by Gasteiger charge is -2.34. The largest absolute Gasteiger partial charge is 0.463 e. The minimum atomic E-state index is -0.173. The molecule has 0 aromatic heterocycles. The van der Waals surface area contributed by atoms with E-state index in [0.717, 1.165) is 6.42 Å². The Balaban J connectivity index is 2.01. The van der Waals surface area contributed by atoms with Crippen LogP contribution in [0.25, 0.3) is 0 Å². The zero-order valence-electron chi connectivity index (χ0n) is 9.56. The fourth-order valence-electron chi connectivity index (χ4n) is 2.20. The van der Waals surface area contributed by atoms with Crippen molar-refractivity contribution in [3.63, 3.8) is 0 Å². The molecule has 1 fully saturated rings. The van der Waals surface area contributed by atoms with E-state index in [1.807, 2.05) is 13.0 Å². The second-order valence-corrected chi connectivity index (χ2v) is 4.18. The number of ether oxygens (including phenoxy) is 1. The highest BCUT2D eigenvalue weighted by atomic mass is 16.6. The summed E-state index contributed by atoms with van der Waals surface area (Å²) in [5.41, 5.74) is 1.33. The van der Waals surface area contributed by atoms with Crippen molar-refractivity contribution in [1.29, 1.82) is 0 Å². The van der Waals surface area contributed by atoms with Crippen LogP contribution in [0.2, 0.25) is 0 Å². The second-order valence-electron chi connectivity index (χ2n) is 4.18. The van der Waals surface area contributed by atoms with Gasteiger partial charge in [0.25, 0.3) is 0 Å². The number of allylic oxidation sites excluding steroid dienone is 1. The first-order valence-corrected chi connectivity index (χ1v) is 5.88. The standard InChI is InChI=1S/C14H17O2/c1-2-16-14(15)10-12-8-9-13(12)11-6-4-3-5-7-11/h3-7,10,12-13H,2,8-9H2,1H3/t12-,13-/m1/s1. The molecule has 16 heavy (non-hydrogen) atoms. The number of benzene rings is 1. The van der Waals surface area contributed by atoms with E-state index in [0.29, 0.717) is 18.4 Å². The Labute approximate surface area is 96.6 Å². The molecule has 2 atom stereocenters. The fraction of sp³-hybridized carbons (Fsp3) is 0.429. The predicted octanol–water partition coefficient (Wildman–Crippen LogP) is 3.49. The van der Waals surface area contributed by atoms with Crippen molar-refractivity contribution >= 4 is 0 Å². The average Bonchev–Trinajstić information content (AvgIpc) is 2.26. The Kier molecular flexibility index (Phi) is 3.50. The summed E-state index contributed by atoms with van der Waals surface area (Å²) in [6, 6.07) is 10.4. The van der Waals surface area contributed by atoms with Crippen molar-refractivity contribution in [2.75, 3.05) is 6.61 Å². The van der Waals surface area contributed by atoms with Gasteiger partial charge in [-0.1, -0.05) is 30.3 Å². The molecule has 1 aliphatic carbocycles. The summed E-state index contributed by atoms with van der Waals surface area (Å²) in [4.78, 5) is 0. The summed E-state index contributed by atoms with van der Waals surface area (Å²) >= 11 is 0. The van der Waals surface area contributed by atoms with Gasteiger partial charge in [-0.05, 0) is 37.2 Å². The van der Waals surface area contributed by atoms with E-state index in [-0.39, 0.29) is 5.95 Å². The topological polar surface area (TPSA) is 29.1 Å². The summed E-state index contributed by atoms with van der Waals surface area (Å²) in [6.07, 6.45) is 4.01. The van der Waals surface area contributed by atoms with E-state index in [1.54, 1.807) is 6.08 Å². The van der Waals surface area contributed by atoms with Gasteiger partial charge in [0.15, 0.2) is 0 Å². The van der Waals surface area contributed by atoms with E-state index in [9.17, 15) is 5.11 Å². The molecule has 0 spiro atoms. The fourth-order valence-corrected chi connectivity index (χ4v) is 2.20. The molecule has 0 heterocycles. The molecule has 1 radical (unpaired) electrons. The van der Waals surface area contributed by atoms with Gasteiger partial charge in [-0.3, -0.25) is 0 Å². The van der Waals surface area contributed by atoms with E-state index >= 15 is 0 Å². The number of hydrogen-bond donors (Lipinski definition) is 0. The van der Waals surface area contributed by atoms with Gasteiger partial charge in [0.1, 0.15) is 0 Å². The maximum absolute atomic E-state index is 11.3. The van der Waals surface area contributed by atoms with Crippen LogP contribution in [0.4, 0.5) is 0 Å². The molecule has 1 saturated carbocycles. The third-order valence-corrected chi connectivity index (χ3v) is 3.19. The Hall–Kier alpha value is -1.44. The van der Waals surface area contributed by atoms with Crippen molar-refractivity contribution in [2.45, 2.75) is 25.7 Å². The summed E-state index contributed by atoms with van der Waals surface area (Å²) in [5, 5.41) is 11.3. The maximum atomic E-state index is 11.3. The molecule has 1 aromatic carbocycles. The van der Waals surface area contributed by atoms with Gasteiger partial charge in [0.05, 0.1) is 6.61 Å². The predicted molar refractivity (Wildman–Crippen MR) is 62.3 cm³/mol. The third kappa shape index (κ3) is 2.38. The van der Waals surface area contributed by atoms with Crippen LogP contribution in [0.3, 0.4) is 0 Å². The molecule has 85 valence electrons. The highest BCUT2D eigenvalue weighted by Crippen LogP contribution is 2.43. The van der Waals surface area contributed by atoms with Crippen LogP contribution in [0.5, 0.6) is 0 Å². The first-order chi connectivity index (χ1) is 7.81. The summed E-state index contributed by atoms with van der Waals surface area (Å²) in [5.74, 6) is 0.695. The minimum Gasteiger partial charge on any atom is -0.463 e. The van der Waals surface area contributed by atoms with Crippen LogP contribution in [-0.2, 0) is 9.84 Å². The molecular weight excluding hydrogens is 200 g/mol. The lowest BCUT2D eigenvalue weighted by atomic mass is 9.70. The van der Waals surface area contributed by atoms with Crippen LogP contribution in [0, 0.1) is 5.92 Å². The van der Waals surface area contributed by atoms with E-state index in [4.69, 9.17) is 4.74 Å². The molecule has 2 heteroatoms. The van der Waals surface area contributed by atoms with Gasteiger partial charge < -0.3 is 4.74 Å². The molecule has 0 saturated heterocycles. The van der Waals surface area contributed by atoms with Gasteiger partial charge in [0.2, 0.25) is 0 Å². The Bertz CT molecular complexity index is 356. The first kappa shape index (κ1) is 11.1. The molecule has 0 amide bonds. The van der Waals surface area contributed by atoms with Gasteiger partial charge in [-0.15, -0.1) is 0 Å². The number of hydrogen-bond acceptors (Lipinski definition) is 1. The summed E-state index contributed by atoms with van der Waals surface area (Å²) in [6.45, 7) is 2.29. The number of rotatable bonds is 4. The molecular formula is C14H17O2.